The van der Waals surface area contributed by atoms with Gasteiger partial charge in [-0.3, -0.25) is 0 Å². The molecule has 102 valence electrons. The predicted molar refractivity (Wildman–Crippen MR) is 83.5 cm³/mol. The molecule has 0 aliphatic carbocycles. The average Bonchev–Trinajstić information content (AvgIpc) is 2.43. The van der Waals surface area contributed by atoms with E-state index in [1.807, 2.05) is 0 Å². The summed E-state index contributed by atoms with van der Waals surface area (Å²) in [5.41, 5.74) is 1.38. The molecule has 2 aromatic carbocycles. The van der Waals surface area contributed by atoms with Gasteiger partial charge >= 0.3 is 0 Å². The van der Waals surface area contributed by atoms with E-state index in [1.54, 1.807) is 0 Å². The van der Waals surface area contributed by atoms with Gasteiger partial charge < -0.3 is 10.2 Å². The van der Waals surface area contributed by atoms with Crippen LogP contribution in [-0.2, 0) is 0 Å². The zero-order valence-corrected chi connectivity index (χ0v) is 12.2. The minimum atomic E-state index is 0.427. The lowest BCUT2D eigenvalue weighted by Gasteiger charge is -2.25. The molecule has 0 fully saturated rings. The van der Waals surface area contributed by atoms with Gasteiger partial charge in [0, 0.05) is 12.6 Å². The van der Waals surface area contributed by atoms with E-state index in [0.29, 0.717) is 6.04 Å². The Labute approximate surface area is 116 Å². The zero-order chi connectivity index (χ0) is 13.7. The first-order chi connectivity index (χ1) is 9.22. The third-order valence-electron chi connectivity index (χ3n) is 3.55. The Morgan fingerprint density at radius 3 is 2.47 bits per heavy atom. The molecule has 0 saturated heterocycles. The van der Waals surface area contributed by atoms with Gasteiger partial charge in [0.25, 0.3) is 0 Å². The minimum Gasteiger partial charge on any atom is -0.315 e. The van der Waals surface area contributed by atoms with Gasteiger partial charge in [0.1, 0.15) is 0 Å². The van der Waals surface area contributed by atoms with Crippen molar-refractivity contribution in [3.05, 3.63) is 48.0 Å². The van der Waals surface area contributed by atoms with E-state index in [1.165, 1.54) is 22.8 Å². The highest BCUT2D eigenvalue weighted by Gasteiger charge is 2.13. The normalized spacial score (nSPS) is 13.1. The lowest BCUT2D eigenvalue weighted by atomic mass is 10.0. The van der Waals surface area contributed by atoms with Crippen LogP contribution in [0.15, 0.2) is 42.5 Å². The van der Waals surface area contributed by atoms with Crippen molar-refractivity contribution in [1.82, 2.24) is 10.2 Å². The van der Waals surface area contributed by atoms with Crippen molar-refractivity contribution >= 4 is 10.8 Å². The van der Waals surface area contributed by atoms with Crippen molar-refractivity contribution in [2.45, 2.75) is 19.4 Å². The summed E-state index contributed by atoms with van der Waals surface area (Å²) in [7, 11) is 4.29. The first-order valence-electron chi connectivity index (χ1n) is 7.08. The van der Waals surface area contributed by atoms with E-state index >= 15 is 0 Å². The summed E-state index contributed by atoms with van der Waals surface area (Å²) in [5.74, 6) is 0. The molecule has 0 spiro atoms. The van der Waals surface area contributed by atoms with E-state index in [0.717, 1.165) is 13.1 Å². The summed E-state index contributed by atoms with van der Waals surface area (Å²) in [6.45, 7) is 4.28. The smallest absolute Gasteiger partial charge is 0.0467 e. The van der Waals surface area contributed by atoms with Gasteiger partial charge in [-0.2, -0.15) is 0 Å². The average molecular weight is 256 g/mol. The van der Waals surface area contributed by atoms with E-state index in [4.69, 9.17) is 0 Å². The largest absolute Gasteiger partial charge is 0.315 e. The maximum atomic E-state index is 3.52. The van der Waals surface area contributed by atoms with Crippen molar-refractivity contribution in [3.63, 3.8) is 0 Å². The number of hydrogen-bond acceptors (Lipinski definition) is 2. The summed E-state index contributed by atoms with van der Waals surface area (Å²) in [4.78, 5) is 2.28. The van der Waals surface area contributed by atoms with Crippen LogP contribution in [0.1, 0.15) is 24.9 Å². The molecular weight excluding hydrogens is 232 g/mol. The van der Waals surface area contributed by atoms with Crippen LogP contribution < -0.4 is 5.32 Å². The van der Waals surface area contributed by atoms with Gasteiger partial charge in [0.15, 0.2) is 0 Å². The molecule has 0 saturated carbocycles. The maximum Gasteiger partial charge on any atom is 0.0467 e. The Hall–Kier alpha value is -1.38. The summed E-state index contributed by atoms with van der Waals surface area (Å²) in [6.07, 6.45) is 1.18. The molecular formula is C17H24N2. The van der Waals surface area contributed by atoms with Crippen molar-refractivity contribution in [2.24, 2.45) is 0 Å². The van der Waals surface area contributed by atoms with E-state index in [2.05, 4.69) is 73.7 Å². The fraction of sp³-hybridized carbons (Fsp3) is 0.412. The van der Waals surface area contributed by atoms with Crippen LogP contribution in [0.2, 0.25) is 0 Å². The van der Waals surface area contributed by atoms with Crippen LogP contribution in [-0.4, -0.2) is 32.1 Å². The van der Waals surface area contributed by atoms with Gasteiger partial charge in [-0.1, -0.05) is 43.3 Å². The Balaban J connectivity index is 2.23. The number of benzene rings is 2. The molecule has 19 heavy (non-hydrogen) atoms. The molecule has 0 radical (unpaired) electrons. The van der Waals surface area contributed by atoms with Crippen LogP contribution in [0, 0.1) is 0 Å². The molecule has 0 amide bonds. The van der Waals surface area contributed by atoms with Gasteiger partial charge in [-0.25, -0.2) is 0 Å². The lowest BCUT2D eigenvalue weighted by molar-refractivity contribution is 0.289. The monoisotopic (exact) mass is 256 g/mol. The molecule has 2 aromatic rings. The van der Waals surface area contributed by atoms with E-state index < -0.39 is 0 Å². The number of fused-ring (bicyclic) bond motifs is 1. The number of rotatable bonds is 6. The Morgan fingerprint density at radius 1 is 1.05 bits per heavy atom. The van der Waals surface area contributed by atoms with Crippen LogP contribution in [0.25, 0.3) is 10.8 Å². The van der Waals surface area contributed by atoms with Gasteiger partial charge in [-0.15, -0.1) is 0 Å². The van der Waals surface area contributed by atoms with Gasteiger partial charge in [-0.05, 0) is 49.5 Å². The Bertz CT molecular complexity index is 519. The molecule has 1 N–H and O–H groups in total. The lowest BCUT2D eigenvalue weighted by Crippen LogP contribution is -2.31. The minimum absolute atomic E-state index is 0.427. The number of likely N-dealkylation sites (N-methyl/N-ethyl adjacent to an activating group) is 1. The molecule has 0 aliphatic heterocycles. The zero-order valence-electron chi connectivity index (χ0n) is 12.2. The van der Waals surface area contributed by atoms with E-state index in [-0.39, 0.29) is 0 Å². The summed E-state index contributed by atoms with van der Waals surface area (Å²) < 4.78 is 0. The first kappa shape index (κ1) is 14.0. The molecule has 1 atom stereocenters. The number of nitrogens with one attached hydrogen (secondary N) is 1. The second-order valence-electron chi connectivity index (χ2n) is 5.29. The number of nitrogens with zero attached hydrogens (tertiary/aromatic N) is 1. The third-order valence-corrected chi connectivity index (χ3v) is 3.55. The highest BCUT2D eigenvalue weighted by molar-refractivity contribution is 5.83. The second-order valence-corrected chi connectivity index (χ2v) is 5.29. The van der Waals surface area contributed by atoms with Crippen LogP contribution >= 0.6 is 0 Å². The first-order valence-corrected chi connectivity index (χ1v) is 7.08. The van der Waals surface area contributed by atoms with Crippen molar-refractivity contribution in [3.8, 4) is 0 Å². The highest BCUT2D eigenvalue weighted by Crippen LogP contribution is 2.22. The molecule has 2 rings (SSSR count). The van der Waals surface area contributed by atoms with E-state index in [9.17, 15) is 0 Å². The quantitative estimate of drug-likeness (QED) is 0.796. The molecule has 0 heterocycles. The van der Waals surface area contributed by atoms with Crippen LogP contribution in [0.4, 0.5) is 0 Å². The van der Waals surface area contributed by atoms with Crippen molar-refractivity contribution in [1.29, 1.82) is 0 Å². The maximum absolute atomic E-state index is 3.52. The van der Waals surface area contributed by atoms with Gasteiger partial charge in [0.2, 0.25) is 0 Å². The molecule has 1 unspecified atom stereocenters. The van der Waals surface area contributed by atoms with Crippen LogP contribution in [0.3, 0.4) is 0 Å². The third kappa shape index (κ3) is 3.55. The van der Waals surface area contributed by atoms with Crippen LogP contribution in [0.5, 0.6) is 0 Å². The summed E-state index contributed by atoms with van der Waals surface area (Å²) in [6, 6.07) is 15.8. The SMILES string of the molecule is CCCNCC(c1ccc2ccccc2c1)N(C)C. The highest BCUT2D eigenvalue weighted by atomic mass is 15.1. The number of hydrogen-bond donors (Lipinski definition) is 1. The molecule has 2 heteroatoms. The van der Waals surface area contributed by atoms with Crippen molar-refractivity contribution < 1.29 is 0 Å². The Morgan fingerprint density at radius 2 is 1.79 bits per heavy atom. The fourth-order valence-electron chi connectivity index (χ4n) is 2.43. The Kier molecular flexibility index (Phi) is 4.94. The van der Waals surface area contributed by atoms with Crippen molar-refractivity contribution in [2.75, 3.05) is 27.2 Å². The molecule has 0 aliphatic rings. The predicted octanol–water partition coefficient (Wildman–Crippen LogP) is 3.44. The molecule has 0 bridgehead atoms. The molecule has 0 aromatic heterocycles. The molecule has 2 nitrogen and oxygen atoms in total. The van der Waals surface area contributed by atoms with Gasteiger partial charge in [0.05, 0.1) is 0 Å². The fourth-order valence-corrected chi connectivity index (χ4v) is 2.43. The standard InChI is InChI=1S/C17H24N2/c1-4-11-18-13-17(19(2)3)16-10-9-14-7-5-6-8-15(14)12-16/h5-10,12,17-18H,4,11,13H2,1-3H3. The summed E-state index contributed by atoms with van der Waals surface area (Å²) >= 11 is 0. The topological polar surface area (TPSA) is 15.3 Å². The second kappa shape index (κ2) is 6.69. The summed E-state index contributed by atoms with van der Waals surface area (Å²) in [5, 5.41) is 6.15.